The van der Waals surface area contributed by atoms with Crippen LogP contribution in [0.1, 0.15) is 12.5 Å². The van der Waals surface area contributed by atoms with Crippen LogP contribution in [-0.4, -0.2) is 36.1 Å². The minimum atomic E-state index is -0.646. The maximum absolute atomic E-state index is 13.2. The highest BCUT2D eigenvalue weighted by Gasteiger charge is 2.34. The highest BCUT2D eigenvalue weighted by Crippen LogP contribution is 2.28. The van der Waals surface area contributed by atoms with Crippen LogP contribution in [0.5, 0.6) is 5.75 Å². The Morgan fingerprint density at radius 3 is 2.58 bits per heavy atom. The number of hydrogen-bond acceptors (Lipinski definition) is 6. The molecule has 0 atom stereocenters. The highest BCUT2D eigenvalue weighted by atomic mass is 79.9. The summed E-state index contributed by atoms with van der Waals surface area (Å²) in [7, 11) is 0. The van der Waals surface area contributed by atoms with Gasteiger partial charge in [-0.25, -0.2) is 9.18 Å². The second-order valence-electron chi connectivity index (χ2n) is 6.22. The van der Waals surface area contributed by atoms with Crippen molar-refractivity contribution in [1.29, 1.82) is 0 Å². The summed E-state index contributed by atoms with van der Waals surface area (Å²) >= 11 is 8.45. The molecule has 3 rings (SSSR count). The zero-order valence-corrected chi connectivity index (χ0v) is 18.6. The normalized spacial score (nSPS) is 15.1. The Hall–Kier alpha value is -3.11. The van der Waals surface area contributed by atoms with Gasteiger partial charge in [0.05, 0.1) is 16.8 Å². The molecule has 31 heavy (non-hydrogen) atoms. The number of amides is 2. The summed E-state index contributed by atoms with van der Waals surface area (Å²) in [5.74, 6) is -1.86. The van der Waals surface area contributed by atoms with Crippen LogP contribution in [-0.2, 0) is 19.1 Å². The molecule has 1 N–H and O–H groups in total. The molecule has 0 radical (unpaired) electrons. The van der Waals surface area contributed by atoms with Crippen molar-refractivity contribution >= 4 is 62.8 Å². The lowest BCUT2D eigenvalue weighted by molar-refractivity contribution is -0.145. The molecule has 2 amide bonds. The number of hydrogen-bond donors (Lipinski definition) is 1. The molecule has 0 aromatic heterocycles. The number of rotatable bonds is 6. The number of nitrogens with zero attached hydrogens (tertiary/aromatic N) is 1. The average Bonchev–Trinajstić information content (AvgIpc) is 2.72. The molecule has 1 aliphatic heterocycles. The maximum atomic E-state index is 13.2. The molecule has 2 aromatic carbocycles. The molecular weight excluding hydrogens is 491 g/mol. The van der Waals surface area contributed by atoms with Crippen molar-refractivity contribution in [2.45, 2.75) is 6.92 Å². The van der Waals surface area contributed by atoms with E-state index in [9.17, 15) is 18.8 Å². The number of esters is 1. The van der Waals surface area contributed by atoms with Gasteiger partial charge in [0, 0.05) is 0 Å². The van der Waals surface area contributed by atoms with Crippen molar-refractivity contribution in [2.24, 2.45) is 0 Å². The van der Waals surface area contributed by atoms with Crippen LogP contribution in [0.3, 0.4) is 0 Å². The first-order chi connectivity index (χ1) is 14.8. The first-order valence-corrected chi connectivity index (χ1v) is 10.2. The lowest BCUT2D eigenvalue weighted by Gasteiger charge is -2.28. The number of carbonyl (C=O) groups is 3. The van der Waals surface area contributed by atoms with Gasteiger partial charge in [-0.15, -0.1) is 0 Å². The predicted octanol–water partition coefficient (Wildman–Crippen LogP) is 3.36. The van der Waals surface area contributed by atoms with Crippen LogP contribution in [0.15, 0.2) is 52.5 Å². The van der Waals surface area contributed by atoms with Gasteiger partial charge < -0.3 is 9.47 Å². The van der Waals surface area contributed by atoms with Crippen molar-refractivity contribution < 1.29 is 28.2 Å². The second kappa shape index (κ2) is 9.80. The fourth-order valence-electron chi connectivity index (χ4n) is 2.71. The second-order valence-corrected chi connectivity index (χ2v) is 7.46. The molecule has 1 fully saturated rings. The molecule has 10 heteroatoms. The minimum Gasteiger partial charge on any atom is -0.481 e. The Bertz CT molecular complexity index is 1090. The van der Waals surface area contributed by atoms with E-state index in [4.69, 9.17) is 21.7 Å². The van der Waals surface area contributed by atoms with Crippen LogP contribution in [0.2, 0.25) is 0 Å². The number of ether oxygens (including phenoxy) is 2. The summed E-state index contributed by atoms with van der Waals surface area (Å²) in [6.07, 6.45) is 1.40. The van der Waals surface area contributed by atoms with Gasteiger partial charge in [0.15, 0.2) is 11.7 Å². The van der Waals surface area contributed by atoms with E-state index in [2.05, 4.69) is 21.2 Å². The number of anilines is 1. The van der Waals surface area contributed by atoms with Crippen LogP contribution < -0.4 is 15.0 Å². The van der Waals surface area contributed by atoms with E-state index in [-0.39, 0.29) is 23.9 Å². The predicted molar refractivity (Wildman–Crippen MR) is 119 cm³/mol. The smallest absolute Gasteiger partial charge is 0.344 e. The van der Waals surface area contributed by atoms with Gasteiger partial charge in [-0.05, 0) is 83.1 Å². The van der Waals surface area contributed by atoms with E-state index in [0.717, 1.165) is 4.90 Å². The monoisotopic (exact) mass is 506 g/mol. The van der Waals surface area contributed by atoms with Crippen molar-refractivity contribution in [3.63, 3.8) is 0 Å². The van der Waals surface area contributed by atoms with Crippen molar-refractivity contribution in [3.05, 3.63) is 63.9 Å². The van der Waals surface area contributed by atoms with Gasteiger partial charge >= 0.3 is 5.97 Å². The highest BCUT2D eigenvalue weighted by molar-refractivity contribution is 9.10. The van der Waals surface area contributed by atoms with Crippen molar-refractivity contribution in [2.75, 3.05) is 18.1 Å². The maximum Gasteiger partial charge on any atom is 0.344 e. The first kappa shape index (κ1) is 22.6. The number of carbonyl (C=O) groups excluding carboxylic acids is 3. The zero-order chi connectivity index (χ0) is 22.5. The van der Waals surface area contributed by atoms with Gasteiger partial charge in [-0.2, -0.15) is 0 Å². The van der Waals surface area contributed by atoms with Crippen LogP contribution in [0.25, 0.3) is 6.08 Å². The Kier molecular flexibility index (Phi) is 7.13. The minimum absolute atomic E-state index is 0.0948. The standard InChI is InChI=1S/C21H16BrFN2O5S/c1-2-29-18(26)11-30-17-8-3-12(10-16(17)22)9-15-19(27)24-21(31)25(20(15)28)14-6-4-13(23)5-7-14/h3-10H,2,11H2,1H3,(H,24,27,31)/b15-9-. The molecule has 1 heterocycles. The molecule has 7 nitrogen and oxygen atoms in total. The third kappa shape index (κ3) is 5.33. The van der Waals surface area contributed by atoms with E-state index in [1.807, 2.05) is 0 Å². The Morgan fingerprint density at radius 1 is 1.23 bits per heavy atom. The summed E-state index contributed by atoms with van der Waals surface area (Å²) in [6.45, 7) is 1.70. The molecule has 2 aromatic rings. The number of benzene rings is 2. The first-order valence-electron chi connectivity index (χ1n) is 9.05. The van der Waals surface area contributed by atoms with Gasteiger partial charge in [0.25, 0.3) is 11.8 Å². The molecular formula is C21H16BrFN2O5S. The van der Waals surface area contributed by atoms with Crippen molar-refractivity contribution in [3.8, 4) is 5.75 Å². The third-order valence-corrected chi connectivity index (χ3v) is 5.01. The SMILES string of the molecule is CCOC(=O)COc1ccc(/C=C2/C(=O)NC(=S)N(c3ccc(F)cc3)C2=O)cc1Br. The topological polar surface area (TPSA) is 84.9 Å². The summed E-state index contributed by atoms with van der Waals surface area (Å²) in [4.78, 5) is 37.9. The quantitative estimate of drug-likeness (QED) is 0.280. The summed E-state index contributed by atoms with van der Waals surface area (Å²) < 4.78 is 23.9. The Morgan fingerprint density at radius 2 is 1.94 bits per heavy atom. The molecule has 0 spiro atoms. The van der Waals surface area contributed by atoms with Gasteiger partial charge in [-0.1, -0.05) is 6.07 Å². The summed E-state index contributed by atoms with van der Waals surface area (Å²) in [5.41, 5.74) is 0.706. The molecule has 160 valence electrons. The van der Waals surface area contributed by atoms with Crippen LogP contribution in [0, 0.1) is 5.82 Å². The number of thiocarbonyl (C=S) groups is 1. The zero-order valence-electron chi connectivity index (χ0n) is 16.2. The molecule has 1 aliphatic rings. The lowest BCUT2D eigenvalue weighted by atomic mass is 10.1. The van der Waals surface area contributed by atoms with E-state index >= 15 is 0 Å². The van der Waals surface area contributed by atoms with E-state index in [1.54, 1.807) is 25.1 Å². The summed E-state index contributed by atoms with van der Waals surface area (Å²) in [6, 6.07) is 10.00. The van der Waals surface area contributed by atoms with Crippen LogP contribution in [0.4, 0.5) is 10.1 Å². The molecule has 0 aliphatic carbocycles. The van der Waals surface area contributed by atoms with E-state index in [1.165, 1.54) is 30.3 Å². The third-order valence-electron chi connectivity index (χ3n) is 4.10. The van der Waals surface area contributed by atoms with E-state index < -0.39 is 23.6 Å². The number of nitrogens with one attached hydrogen (secondary N) is 1. The Balaban J connectivity index is 1.84. The van der Waals surface area contributed by atoms with Gasteiger partial charge in [0.2, 0.25) is 0 Å². The molecule has 1 saturated heterocycles. The van der Waals surface area contributed by atoms with Crippen molar-refractivity contribution in [1.82, 2.24) is 5.32 Å². The molecule has 0 unspecified atom stereocenters. The van der Waals surface area contributed by atoms with E-state index in [0.29, 0.717) is 21.5 Å². The molecule has 0 bridgehead atoms. The van der Waals surface area contributed by atoms with Gasteiger partial charge in [0.1, 0.15) is 17.1 Å². The number of halogens is 2. The van der Waals surface area contributed by atoms with Crippen LogP contribution >= 0.6 is 28.1 Å². The fraction of sp³-hybridized carbons (Fsp3) is 0.143. The lowest BCUT2D eigenvalue weighted by Crippen LogP contribution is -2.54. The average molecular weight is 507 g/mol. The fourth-order valence-corrected chi connectivity index (χ4v) is 3.50. The summed E-state index contributed by atoms with van der Waals surface area (Å²) in [5, 5.41) is 2.37. The largest absolute Gasteiger partial charge is 0.481 e. The van der Waals surface area contributed by atoms with Gasteiger partial charge in [-0.3, -0.25) is 19.8 Å². The molecule has 0 saturated carbocycles. The Labute approximate surface area is 190 Å².